The summed E-state index contributed by atoms with van der Waals surface area (Å²) in [6, 6.07) is 15.0. The summed E-state index contributed by atoms with van der Waals surface area (Å²) in [7, 11) is 0. The summed E-state index contributed by atoms with van der Waals surface area (Å²) >= 11 is 0. The molecule has 1 saturated heterocycles. The molecule has 1 atom stereocenters. The van der Waals surface area contributed by atoms with Crippen molar-refractivity contribution < 1.29 is 9.53 Å². The highest BCUT2D eigenvalue weighted by atomic mass is 16.5. The minimum atomic E-state index is -0.364. The summed E-state index contributed by atoms with van der Waals surface area (Å²) in [6.45, 7) is 12.7. The second-order valence-electron chi connectivity index (χ2n) is 9.78. The quantitative estimate of drug-likeness (QED) is 0.552. The predicted octanol–water partition coefficient (Wildman–Crippen LogP) is 4.82. The number of fused-ring (bicyclic) bond motifs is 5. The molecule has 0 amide bonds. The second kappa shape index (κ2) is 7.64. The summed E-state index contributed by atoms with van der Waals surface area (Å²) < 4.78 is 6.51. The molecule has 2 aromatic carbocycles. The van der Waals surface area contributed by atoms with Gasteiger partial charge in [0.15, 0.2) is 5.78 Å². The molecule has 168 valence electrons. The van der Waals surface area contributed by atoms with Crippen molar-refractivity contribution in [3.8, 4) is 5.75 Å². The summed E-state index contributed by atoms with van der Waals surface area (Å²) in [5.41, 5.74) is 5.14. The minimum absolute atomic E-state index is 0.0975. The van der Waals surface area contributed by atoms with E-state index in [4.69, 9.17) is 4.74 Å². The molecule has 0 spiro atoms. The SMILES string of the molecule is CC(=O)c1ccc(N2CN3CC=C4C(c5ccc(NC(C)C)cc5OC4(C)C)N3C2)cc1. The van der Waals surface area contributed by atoms with Crippen LogP contribution in [0, 0.1) is 0 Å². The Bertz CT molecular complexity index is 1070. The molecule has 3 heterocycles. The molecule has 6 nitrogen and oxygen atoms in total. The van der Waals surface area contributed by atoms with Crippen LogP contribution in [0.4, 0.5) is 11.4 Å². The molecule has 6 heteroatoms. The largest absolute Gasteiger partial charge is 0.483 e. The van der Waals surface area contributed by atoms with E-state index in [1.54, 1.807) is 6.92 Å². The highest BCUT2D eigenvalue weighted by molar-refractivity contribution is 5.94. The molecule has 1 unspecified atom stereocenters. The maximum Gasteiger partial charge on any atom is 0.159 e. The summed E-state index contributed by atoms with van der Waals surface area (Å²) in [4.78, 5) is 14.0. The molecule has 32 heavy (non-hydrogen) atoms. The number of hydrogen-bond acceptors (Lipinski definition) is 6. The Morgan fingerprint density at radius 3 is 2.56 bits per heavy atom. The minimum Gasteiger partial charge on any atom is -0.483 e. The van der Waals surface area contributed by atoms with Gasteiger partial charge in [-0.05, 0) is 70.5 Å². The Morgan fingerprint density at radius 2 is 1.88 bits per heavy atom. The van der Waals surface area contributed by atoms with Crippen LogP contribution in [0.2, 0.25) is 0 Å². The number of Topliss-reactive ketones (excluding diaryl/α,β-unsaturated/α-hetero) is 1. The Hall–Kier alpha value is -2.83. The zero-order valence-corrected chi connectivity index (χ0v) is 19.6. The van der Waals surface area contributed by atoms with Gasteiger partial charge in [0.05, 0.1) is 19.4 Å². The van der Waals surface area contributed by atoms with E-state index in [1.165, 1.54) is 11.1 Å². The van der Waals surface area contributed by atoms with Crippen LogP contribution in [0.25, 0.3) is 0 Å². The van der Waals surface area contributed by atoms with E-state index in [9.17, 15) is 4.79 Å². The average Bonchev–Trinajstić information content (AvgIpc) is 3.17. The van der Waals surface area contributed by atoms with Gasteiger partial charge < -0.3 is 15.0 Å². The monoisotopic (exact) mass is 432 g/mol. The summed E-state index contributed by atoms with van der Waals surface area (Å²) in [5.74, 6) is 1.05. The number of carbonyl (C=O) groups is 1. The predicted molar refractivity (Wildman–Crippen MR) is 128 cm³/mol. The maximum absolute atomic E-state index is 11.6. The lowest BCUT2D eigenvalue weighted by molar-refractivity contribution is -0.0296. The van der Waals surface area contributed by atoms with E-state index in [0.717, 1.165) is 42.6 Å². The first-order valence-corrected chi connectivity index (χ1v) is 11.4. The highest BCUT2D eigenvalue weighted by Crippen LogP contribution is 2.50. The summed E-state index contributed by atoms with van der Waals surface area (Å²) in [6.07, 6.45) is 2.34. The van der Waals surface area contributed by atoms with E-state index in [1.807, 2.05) is 12.1 Å². The van der Waals surface area contributed by atoms with Gasteiger partial charge in [-0.1, -0.05) is 12.1 Å². The standard InChI is InChI=1S/C26H32N4O2/c1-17(2)27-20-8-11-22-24(14-20)32-26(4,5)23-12-13-29-15-28(16-30(29)25(22)23)21-9-6-19(7-10-21)18(3)31/h6-12,14,17,25,27H,13,15-16H2,1-5H3. The number of anilines is 2. The molecule has 3 aliphatic heterocycles. The topological polar surface area (TPSA) is 48.1 Å². The van der Waals surface area contributed by atoms with Gasteiger partial charge in [-0.2, -0.15) is 0 Å². The van der Waals surface area contributed by atoms with Gasteiger partial charge in [0.2, 0.25) is 0 Å². The second-order valence-corrected chi connectivity index (χ2v) is 9.78. The van der Waals surface area contributed by atoms with Crippen LogP contribution in [-0.4, -0.2) is 47.3 Å². The zero-order valence-electron chi connectivity index (χ0n) is 19.6. The van der Waals surface area contributed by atoms with Crippen LogP contribution < -0.4 is 15.0 Å². The molecule has 0 bridgehead atoms. The van der Waals surface area contributed by atoms with Gasteiger partial charge >= 0.3 is 0 Å². The van der Waals surface area contributed by atoms with E-state index in [0.29, 0.717) is 6.04 Å². The third-order valence-corrected chi connectivity index (χ3v) is 6.59. The third-order valence-electron chi connectivity index (χ3n) is 6.59. The highest BCUT2D eigenvalue weighted by Gasteiger charge is 2.47. The van der Waals surface area contributed by atoms with Crippen LogP contribution >= 0.6 is 0 Å². The van der Waals surface area contributed by atoms with Crippen molar-refractivity contribution in [3.05, 3.63) is 65.2 Å². The van der Waals surface area contributed by atoms with E-state index < -0.39 is 0 Å². The van der Waals surface area contributed by atoms with Crippen molar-refractivity contribution in [2.24, 2.45) is 0 Å². The number of nitrogens with one attached hydrogen (secondary N) is 1. The Morgan fingerprint density at radius 1 is 1.12 bits per heavy atom. The fourth-order valence-corrected chi connectivity index (χ4v) is 5.05. The molecule has 1 N–H and O–H groups in total. The van der Waals surface area contributed by atoms with Crippen LogP contribution in [-0.2, 0) is 0 Å². The van der Waals surface area contributed by atoms with Crippen molar-refractivity contribution in [2.75, 3.05) is 30.1 Å². The zero-order chi connectivity index (χ0) is 22.6. The van der Waals surface area contributed by atoms with E-state index in [-0.39, 0.29) is 17.4 Å². The smallest absolute Gasteiger partial charge is 0.159 e. The van der Waals surface area contributed by atoms with Crippen molar-refractivity contribution in [1.29, 1.82) is 0 Å². The number of carbonyl (C=O) groups excluding carboxylic acids is 1. The van der Waals surface area contributed by atoms with Crippen molar-refractivity contribution in [3.63, 3.8) is 0 Å². The van der Waals surface area contributed by atoms with Gasteiger partial charge in [0.1, 0.15) is 11.4 Å². The first kappa shape index (κ1) is 21.0. The van der Waals surface area contributed by atoms with E-state index >= 15 is 0 Å². The number of benzene rings is 2. The summed E-state index contributed by atoms with van der Waals surface area (Å²) in [5, 5.41) is 8.36. The fraction of sp³-hybridized carbons (Fsp3) is 0.423. The number of nitrogens with zero attached hydrogens (tertiary/aromatic N) is 3. The van der Waals surface area contributed by atoms with Crippen LogP contribution in [0.1, 0.15) is 56.6 Å². The lowest BCUT2D eigenvalue weighted by atomic mass is 9.82. The Kier molecular flexibility index (Phi) is 5.02. The van der Waals surface area contributed by atoms with Gasteiger partial charge in [-0.3, -0.25) is 4.79 Å². The Balaban J connectivity index is 1.47. The van der Waals surface area contributed by atoms with Crippen LogP contribution in [0.5, 0.6) is 5.75 Å². The van der Waals surface area contributed by atoms with E-state index in [2.05, 4.69) is 84.3 Å². The molecular formula is C26H32N4O2. The Labute approximate surface area is 190 Å². The number of hydrogen-bond donors (Lipinski definition) is 1. The first-order chi connectivity index (χ1) is 15.2. The molecular weight excluding hydrogens is 400 g/mol. The average molecular weight is 433 g/mol. The molecule has 0 aromatic heterocycles. The van der Waals surface area contributed by atoms with Gasteiger partial charge in [0.25, 0.3) is 0 Å². The number of rotatable bonds is 4. The van der Waals surface area contributed by atoms with Crippen LogP contribution in [0.15, 0.2) is 54.1 Å². The fourth-order valence-electron chi connectivity index (χ4n) is 5.05. The first-order valence-electron chi connectivity index (χ1n) is 11.4. The molecule has 1 fully saturated rings. The third kappa shape index (κ3) is 3.57. The number of ketones is 1. The van der Waals surface area contributed by atoms with Crippen molar-refractivity contribution in [1.82, 2.24) is 10.0 Å². The maximum atomic E-state index is 11.6. The van der Waals surface area contributed by atoms with Gasteiger partial charge in [-0.25, -0.2) is 10.0 Å². The molecule has 2 aromatic rings. The molecule has 0 aliphatic carbocycles. The van der Waals surface area contributed by atoms with Gasteiger partial charge in [0, 0.05) is 41.2 Å². The van der Waals surface area contributed by atoms with Crippen molar-refractivity contribution in [2.45, 2.75) is 52.3 Å². The molecule has 0 radical (unpaired) electrons. The molecule has 3 aliphatic rings. The van der Waals surface area contributed by atoms with Crippen LogP contribution in [0.3, 0.4) is 0 Å². The molecule has 5 rings (SSSR count). The van der Waals surface area contributed by atoms with Crippen molar-refractivity contribution >= 4 is 17.2 Å². The van der Waals surface area contributed by atoms with Gasteiger partial charge in [-0.15, -0.1) is 0 Å². The lowest BCUT2D eigenvalue weighted by Gasteiger charge is -2.48. The number of ether oxygens (including phenoxy) is 1. The molecule has 0 saturated carbocycles. The normalized spacial score (nSPS) is 22.0. The number of hydrazine groups is 1. The lowest BCUT2D eigenvalue weighted by Crippen LogP contribution is -2.51.